The zero-order valence-corrected chi connectivity index (χ0v) is 32.6. The van der Waals surface area contributed by atoms with Gasteiger partial charge in [-0.15, -0.1) is 6.58 Å². The van der Waals surface area contributed by atoms with Gasteiger partial charge in [0.25, 0.3) is 0 Å². The molecule has 258 valence electrons. The number of aliphatic hydroxyl groups is 1. The van der Waals surface area contributed by atoms with Crippen molar-refractivity contribution in [1.82, 2.24) is 0 Å². The first kappa shape index (κ1) is 41.6. The lowest BCUT2D eigenvalue weighted by atomic mass is 10.0. The Bertz CT molecular complexity index is 1050. The molecule has 0 aromatic heterocycles. The topological polar surface area (TPSA) is 206 Å². The third kappa shape index (κ3) is 9.97. The maximum atomic E-state index is 12.7. The third-order valence-electron chi connectivity index (χ3n) is 7.42. The molecule has 10 unspecified atom stereocenters. The van der Waals surface area contributed by atoms with Crippen molar-refractivity contribution in [2.24, 2.45) is 0 Å². The molecule has 0 amide bonds. The summed E-state index contributed by atoms with van der Waals surface area (Å²) >= 11 is 0. The van der Waals surface area contributed by atoms with Crippen LogP contribution in [0.25, 0.3) is 0 Å². The van der Waals surface area contributed by atoms with E-state index in [1.54, 1.807) is 0 Å². The minimum absolute atomic E-state index is 0.0567. The molecule has 3 saturated heterocycles. The van der Waals surface area contributed by atoms with Crippen molar-refractivity contribution in [3.8, 4) is 0 Å². The molecule has 0 aromatic carbocycles. The lowest BCUT2D eigenvalue weighted by molar-refractivity contribution is -0.304. The molecule has 3 aliphatic heterocycles. The van der Waals surface area contributed by atoms with Gasteiger partial charge in [-0.25, -0.2) is 0 Å². The minimum atomic E-state index is -1.41. The first-order chi connectivity index (χ1) is 22.3. The van der Waals surface area contributed by atoms with Gasteiger partial charge < -0.3 is 47.1 Å². The van der Waals surface area contributed by atoms with Crippen LogP contribution < -0.4 is 0 Å². The molecule has 3 aliphatic rings. The fourth-order valence-electron chi connectivity index (χ4n) is 5.30. The van der Waals surface area contributed by atoms with Gasteiger partial charge in [0.2, 0.25) is 0 Å². The lowest BCUT2D eigenvalue weighted by Gasteiger charge is -2.48. The second-order valence-electron chi connectivity index (χ2n) is 10.0. The zero-order valence-electron chi connectivity index (χ0n) is 23.8. The Hall–Kier alpha value is 1.23. The molecular formula is C21H33O16P9. The molecule has 3 fully saturated rings. The lowest BCUT2D eigenvalue weighted by Crippen LogP contribution is -2.63. The van der Waals surface area contributed by atoms with E-state index in [4.69, 9.17) is 42.0 Å². The van der Waals surface area contributed by atoms with Crippen LogP contribution in [0.4, 0.5) is 0 Å². The minimum Gasteiger partial charge on any atom is -0.391 e. The first-order valence-electron chi connectivity index (χ1n) is 13.4. The summed E-state index contributed by atoms with van der Waals surface area (Å²) in [4.78, 5) is 0. The van der Waals surface area contributed by atoms with Crippen LogP contribution in [-0.2, 0) is 69.4 Å². The Balaban J connectivity index is 1.93. The van der Waals surface area contributed by atoms with Crippen LogP contribution in [0.3, 0.4) is 0 Å². The third-order valence-corrected chi connectivity index (χ3v) is 13.5. The van der Waals surface area contributed by atoms with Gasteiger partial charge in [-0.1, -0.05) is 6.08 Å². The number of ether oxygens (including phenoxy) is 6. The summed E-state index contributed by atoms with van der Waals surface area (Å²) in [5.74, 6) is 0. The Morgan fingerprint density at radius 2 is 0.978 bits per heavy atom. The highest BCUT2D eigenvalue weighted by atomic mass is 31.1. The first-order valence-corrected chi connectivity index (χ1v) is 20.1. The average Bonchev–Trinajstić information content (AvgIpc) is 3.05. The molecule has 0 spiro atoms. The van der Waals surface area contributed by atoms with E-state index in [-0.39, 0.29) is 26.4 Å². The fourth-order valence-corrected chi connectivity index (χ4v) is 10.2. The highest BCUT2D eigenvalue weighted by molar-refractivity contribution is 7.30. The molecule has 0 aliphatic carbocycles. The van der Waals surface area contributed by atoms with E-state index in [2.05, 4.69) is 16.0 Å². The van der Waals surface area contributed by atoms with Crippen molar-refractivity contribution in [2.45, 2.75) is 89.4 Å². The maximum absolute atomic E-state index is 12.7. The Labute approximate surface area is 281 Å². The summed E-state index contributed by atoms with van der Waals surface area (Å²) in [5.41, 5.74) is -6.44. The van der Waals surface area contributed by atoms with Crippen LogP contribution in [0.5, 0.6) is 0 Å². The van der Waals surface area contributed by atoms with Crippen molar-refractivity contribution < 1.29 is 74.5 Å². The summed E-state index contributed by atoms with van der Waals surface area (Å²) < 4.78 is 126. The second kappa shape index (κ2) is 21.6. The van der Waals surface area contributed by atoms with Crippen molar-refractivity contribution in [3.63, 3.8) is 0 Å². The molecule has 16 nitrogen and oxygen atoms in total. The van der Waals surface area contributed by atoms with Gasteiger partial charge in [0, 0.05) is 28.4 Å². The Morgan fingerprint density at radius 1 is 0.587 bits per heavy atom. The average molecular weight is 820 g/mol. The molecule has 0 bridgehead atoms. The standard InChI is InChI=1S/C21H33O16P9/c1-2-3-29-19-17(45-27)15(43-25)11(7(33-19)4-30-38)37-21-18(46-28)16(44-26)12(8(34-21)5-31-39)36-20-14(42-24)10(22)13(41-23)9(35-20)6-32-40/h2,7-22H,1,3-6,38-40H2/t7?,8?,9?,10-,11-,12-,13-,14?,15-,16-,17?,18?,19?,20-,21-/m0/s1. The molecule has 0 saturated carbocycles. The number of hydrogen-bond donors (Lipinski definition) is 1. The SMILES string of the molecule is C=CCOC1OC(COP)[C@H](O[C@@H]2OC(COP)[C@H](O[C@@H]3OC(COP)[C@H](P=O)[C@H](O)C3P=O)[C@H](P=O)C2P=O)[C@H](P=O)C1P=O. The smallest absolute Gasteiger partial charge is 0.174 e. The maximum Gasteiger partial charge on any atom is 0.174 e. The zero-order chi connectivity index (χ0) is 33.8. The highest BCUT2D eigenvalue weighted by Gasteiger charge is 2.56. The van der Waals surface area contributed by atoms with Gasteiger partial charge in [0.05, 0.1) is 49.5 Å². The van der Waals surface area contributed by atoms with E-state index >= 15 is 0 Å². The summed E-state index contributed by atoms with van der Waals surface area (Å²) in [6.07, 6.45) is -9.04. The molecule has 0 aromatic rings. The molecule has 1 N–H and O–H groups in total. The molecule has 46 heavy (non-hydrogen) atoms. The molecule has 3 rings (SSSR count). The molecular weight excluding hydrogens is 787 g/mol. The largest absolute Gasteiger partial charge is 0.391 e. The Morgan fingerprint density at radius 3 is 1.41 bits per heavy atom. The molecule has 25 heteroatoms. The van der Waals surface area contributed by atoms with Gasteiger partial charge in [0.15, 0.2) is 69.6 Å². The van der Waals surface area contributed by atoms with E-state index < -0.39 is 140 Å². The van der Waals surface area contributed by atoms with E-state index in [9.17, 15) is 32.5 Å². The van der Waals surface area contributed by atoms with Gasteiger partial charge in [-0.2, -0.15) is 0 Å². The van der Waals surface area contributed by atoms with Crippen molar-refractivity contribution in [2.75, 3.05) is 26.4 Å². The summed E-state index contributed by atoms with van der Waals surface area (Å²) in [5, 5.41) is 10.8. The summed E-state index contributed by atoms with van der Waals surface area (Å²) in [7, 11) is 3.02. The predicted octanol–water partition coefficient (Wildman–Crippen LogP) is 3.88. The number of hydrogen-bond acceptors (Lipinski definition) is 16. The van der Waals surface area contributed by atoms with Crippen molar-refractivity contribution >= 4 is 79.2 Å². The van der Waals surface area contributed by atoms with Crippen LogP contribution in [0, 0.1) is 0 Å². The Kier molecular flexibility index (Phi) is 19.5. The number of aliphatic hydroxyl groups excluding tert-OH is 1. The van der Waals surface area contributed by atoms with Crippen LogP contribution >= 0.6 is 79.2 Å². The number of rotatable bonds is 19. The van der Waals surface area contributed by atoms with E-state index in [0.29, 0.717) is 0 Å². The van der Waals surface area contributed by atoms with Crippen LogP contribution in [0.1, 0.15) is 0 Å². The van der Waals surface area contributed by atoms with E-state index in [0.717, 1.165) is 0 Å². The van der Waals surface area contributed by atoms with E-state index in [1.807, 2.05) is 18.9 Å². The fraction of sp³-hybridized carbons (Fsp3) is 0.905. The second-order valence-corrected chi connectivity index (χ2v) is 15.9. The summed E-state index contributed by atoms with van der Waals surface area (Å²) in [6.45, 7) is 3.24. The summed E-state index contributed by atoms with van der Waals surface area (Å²) in [6, 6.07) is 0. The van der Waals surface area contributed by atoms with Crippen molar-refractivity contribution in [3.05, 3.63) is 12.7 Å². The monoisotopic (exact) mass is 820 g/mol. The van der Waals surface area contributed by atoms with Crippen molar-refractivity contribution in [1.29, 1.82) is 0 Å². The van der Waals surface area contributed by atoms with Gasteiger partial charge in [-0.05, 0) is 0 Å². The molecule has 0 radical (unpaired) electrons. The van der Waals surface area contributed by atoms with Gasteiger partial charge in [-0.3, -0.25) is 27.4 Å². The van der Waals surface area contributed by atoms with Gasteiger partial charge in [0.1, 0.15) is 47.5 Å². The normalized spacial score (nSPS) is 42.2. The highest BCUT2D eigenvalue weighted by Crippen LogP contribution is 2.44. The molecule has 18 atom stereocenters. The van der Waals surface area contributed by atoms with Crippen LogP contribution in [-0.4, -0.2) is 121 Å². The van der Waals surface area contributed by atoms with Crippen LogP contribution in [0.15, 0.2) is 12.7 Å². The van der Waals surface area contributed by atoms with Gasteiger partial charge >= 0.3 is 0 Å². The quantitative estimate of drug-likeness (QED) is 0.145. The molecule has 3 heterocycles. The van der Waals surface area contributed by atoms with Crippen LogP contribution in [0.2, 0.25) is 0 Å². The predicted molar refractivity (Wildman–Crippen MR) is 173 cm³/mol. The van der Waals surface area contributed by atoms with E-state index in [1.165, 1.54) is 6.08 Å².